The van der Waals surface area contributed by atoms with E-state index in [-0.39, 0.29) is 30.1 Å². The fraction of sp³-hybridized carbons (Fsp3) is 0.350. The van der Waals surface area contributed by atoms with Gasteiger partial charge in [0.25, 0.3) is 0 Å². The van der Waals surface area contributed by atoms with Gasteiger partial charge >= 0.3 is 5.97 Å². The van der Waals surface area contributed by atoms with Crippen molar-refractivity contribution in [2.75, 3.05) is 13.2 Å². The highest BCUT2D eigenvalue weighted by molar-refractivity contribution is 7.09. The minimum atomic E-state index is -1.09. The standard InChI is InChI=1S/C20H20N2O6S/c1-3-27-18-8-13(4-5-16(18)24)15(23)6-7-19(26)28-10-17(25)14(9-21)20-22-12(2)11-29-20/h4-5,8,11,14,24H,3,6-7,10H2,1-2H3. The van der Waals surface area contributed by atoms with Crippen LogP contribution >= 0.6 is 11.3 Å². The molecule has 0 saturated carbocycles. The number of aromatic hydroxyl groups is 1. The fourth-order valence-corrected chi connectivity index (χ4v) is 3.26. The first kappa shape index (κ1) is 22.0. The van der Waals surface area contributed by atoms with E-state index in [4.69, 9.17) is 9.47 Å². The third-order valence-electron chi connectivity index (χ3n) is 3.85. The number of aryl methyl sites for hydroxylation is 1. The van der Waals surface area contributed by atoms with Crippen molar-refractivity contribution in [1.82, 2.24) is 4.98 Å². The molecule has 152 valence electrons. The van der Waals surface area contributed by atoms with Crippen LogP contribution in [0.15, 0.2) is 23.6 Å². The van der Waals surface area contributed by atoms with E-state index in [1.54, 1.807) is 19.2 Å². The molecule has 0 aliphatic heterocycles. The highest BCUT2D eigenvalue weighted by atomic mass is 32.1. The van der Waals surface area contributed by atoms with Crippen LogP contribution in [-0.2, 0) is 14.3 Å². The van der Waals surface area contributed by atoms with Crippen LogP contribution in [0.1, 0.15) is 46.7 Å². The number of ketones is 2. The number of nitrogens with zero attached hydrogens (tertiary/aromatic N) is 2. The summed E-state index contributed by atoms with van der Waals surface area (Å²) in [4.78, 5) is 40.4. The minimum absolute atomic E-state index is 0.0798. The number of phenolic OH excluding ortho intramolecular Hbond substituents is 1. The smallest absolute Gasteiger partial charge is 0.306 e. The van der Waals surface area contributed by atoms with E-state index in [0.717, 1.165) is 0 Å². The Morgan fingerprint density at radius 1 is 1.31 bits per heavy atom. The van der Waals surface area contributed by atoms with Crippen molar-refractivity contribution in [2.24, 2.45) is 0 Å². The number of aromatic nitrogens is 1. The van der Waals surface area contributed by atoms with Crippen LogP contribution < -0.4 is 4.74 Å². The molecule has 1 unspecified atom stereocenters. The second-order valence-electron chi connectivity index (χ2n) is 6.05. The van der Waals surface area contributed by atoms with E-state index >= 15 is 0 Å². The lowest BCUT2D eigenvalue weighted by molar-refractivity contribution is -0.148. The highest BCUT2D eigenvalue weighted by Crippen LogP contribution is 2.27. The first-order chi connectivity index (χ1) is 13.8. The third-order valence-corrected chi connectivity index (χ3v) is 4.88. The number of Topliss-reactive ketones (excluding diaryl/α,β-unsaturated/α-hetero) is 2. The Morgan fingerprint density at radius 3 is 2.69 bits per heavy atom. The Morgan fingerprint density at radius 2 is 2.07 bits per heavy atom. The Hall–Kier alpha value is -3.25. The zero-order chi connectivity index (χ0) is 21.4. The van der Waals surface area contributed by atoms with Crippen molar-refractivity contribution in [3.63, 3.8) is 0 Å². The van der Waals surface area contributed by atoms with E-state index in [1.165, 1.54) is 29.5 Å². The van der Waals surface area contributed by atoms with Gasteiger partial charge < -0.3 is 14.6 Å². The van der Waals surface area contributed by atoms with Gasteiger partial charge in [-0.2, -0.15) is 5.26 Å². The van der Waals surface area contributed by atoms with Crippen LogP contribution in [0.3, 0.4) is 0 Å². The number of hydrogen-bond donors (Lipinski definition) is 1. The maximum atomic E-state index is 12.2. The number of nitriles is 1. The summed E-state index contributed by atoms with van der Waals surface area (Å²) in [6, 6.07) is 6.05. The van der Waals surface area contributed by atoms with Crippen LogP contribution in [0, 0.1) is 18.3 Å². The Balaban J connectivity index is 1.85. The van der Waals surface area contributed by atoms with E-state index < -0.39 is 24.3 Å². The number of rotatable bonds is 10. The molecule has 0 fully saturated rings. The molecule has 0 aliphatic carbocycles. The van der Waals surface area contributed by atoms with Gasteiger partial charge in [-0.1, -0.05) is 0 Å². The number of carbonyl (C=O) groups excluding carboxylic acids is 3. The van der Waals surface area contributed by atoms with Gasteiger partial charge in [0.2, 0.25) is 0 Å². The van der Waals surface area contributed by atoms with Crippen molar-refractivity contribution in [3.8, 4) is 17.6 Å². The number of thiazole rings is 1. The van der Waals surface area contributed by atoms with Gasteiger partial charge in [-0.15, -0.1) is 11.3 Å². The molecule has 1 atom stereocenters. The van der Waals surface area contributed by atoms with Crippen molar-refractivity contribution < 1.29 is 29.0 Å². The lowest BCUT2D eigenvalue weighted by Crippen LogP contribution is -2.20. The molecule has 0 radical (unpaired) electrons. The molecule has 0 aliphatic rings. The summed E-state index contributed by atoms with van der Waals surface area (Å²) >= 11 is 1.19. The van der Waals surface area contributed by atoms with E-state index in [9.17, 15) is 24.8 Å². The zero-order valence-electron chi connectivity index (χ0n) is 16.0. The summed E-state index contributed by atoms with van der Waals surface area (Å²) in [5, 5.41) is 20.9. The normalized spacial score (nSPS) is 11.3. The fourth-order valence-electron chi connectivity index (χ4n) is 2.40. The number of phenols is 1. The predicted molar refractivity (Wildman–Crippen MR) is 104 cm³/mol. The van der Waals surface area contributed by atoms with Gasteiger partial charge in [-0.3, -0.25) is 14.4 Å². The first-order valence-electron chi connectivity index (χ1n) is 8.84. The number of ether oxygens (including phenoxy) is 2. The summed E-state index contributed by atoms with van der Waals surface area (Å²) in [5.74, 6) is -2.60. The molecular weight excluding hydrogens is 396 g/mol. The summed E-state index contributed by atoms with van der Waals surface area (Å²) < 4.78 is 10.1. The second-order valence-corrected chi connectivity index (χ2v) is 6.94. The molecule has 0 spiro atoms. The average Bonchev–Trinajstić information content (AvgIpc) is 3.12. The SMILES string of the molecule is CCOc1cc(C(=O)CCC(=O)OCC(=O)C(C#N)c2nc(C)cs2)ccc1O. The summed E-state index contributed by atoms with van der Waals surface area (Å²) in [7, 11) is 0. The Bertz CT molecular complexity index is 947. The summed E-state index contributed by atoms with van der Waals surface area (Å²) in [6.07, 6.45) is -0.346. The molecule has 2 aromatic rings. The number of benzene rings is 1. The zero-order valence-corrected chi connectivity index (χ0v) is 16.8. The van der Waals surface area contributed by atoms with E-state index in [1.807, 2.05) is 6.07 Å². The minimum Gasteiger partial charge on any atom is -0.504 e. The number of carbonyl (C=O) groups is 3. The highest BCUT2D eigenvalue weighted by Gasteiger charge is 2.24. The van der Waals surface area contributed by atoms with Crippen LogP contribution in [0.25, 0.3) is 0 Å². The molecule has 0 saturated heterocycles. The second kappa shape index (κ2) is 10.3. The summed E-state index contributed by atoms with van der Waals surface area (Å²) in [6.45, 7) is 3.27. The molecule has 8 nitrogen and oxygen atoms in total. The predicted octanol–water partition coefficient (Wildman–Crippen LogP) is 2.94. The van der Waals surface area contributed by atoms with Gasteiger partial charge in [0.15, 0.2) is 35.6 Å². The average molecular weight is 416 g/mol. The monoisotopic (exact) mass is 416 g/mol. The Kier molecular flexibility index (Phi) is 7.86. The lowest BCUT2D eigenvalue weighted by atomic mass is 10.1. The van der Waals surface area contributed by atoms with E-state index in [2.05, 4.69) is 4.98 Å². The van der Waals surface area contributed by atoms with Crippen LogP contribution in [0.4, 0.5) is 0 Å². The maximum Gasteiger partial charge on any atom is 0.306 e. The lowest BCUT2D eigenvalue weighted by Gasteiger charge is -2.08. The van der Waals surface area contributed by atoms with Gasteiger partial charge in [0.1, 0.15) is 5.01 Å². The van der Waals surface area contributed by atoms with Crippen LogP contribution in [0.5, 0.6) is 11.5 Å². The van der Waals surface area contributed by atoms with Crippen molar-refractivity contribution in [2.45, 2.75) is 32.6 Å². The molecular formula is C20H20N2O6S. The summed E-state index contributed by atoms with van der Waals surface area (Å²) in [5.41, 5.74) is 0.995. The molecule has 29 heavy (non-hydrogen) atoms. The number of hydrogen-bond acceptors (Lipinski definition) is 9. The molecule has 9 heteroatoms. The Labute approximate surface area is 171 Å². The molecule has 1 N–H and O–H groups in total. The molecule has 0 bridgehead atoms. The van der Waals surface area contributed by atoms with Gasteiger partial charge in [0, 0.05) is 23.1 Å². The maximum absolute atomic E-state index is 12.2. The van der Waals surface area contributed by atoms with Crippen molar-refractivity contribution in [3.05, 3.63) is 39.8 Å². The van der Waals surface area contributed by atoms with Crippen molar-refractivity contribution in [1.29, 1.82) is 5.26 Å². The molecule has 1 aromatic heterocycles. The molecule has 0 amide bonds. The van der Waals surface area contributed by atoms with Crippen LogP contribution in [-0.4, -0.2) is 40.8 Å². The van der Waals surface area contributed by atoms with E-state index in [0.29, 0.717) is 22.9 Å². The van der Waals surface area contributed by atoms with Gasteiger partial charge in [-0.05, 0) is 32.0 Å². The first-order valence-corrected chi connectivity index (χ1v) is 9.72. The van der Waals surface area contributed by atoms with Gasteiger partial charge in [0.05, 0.1) is 19.1 Å². The van der Waals surface area contributed by atoms with Gasteiger partial charge in [-0.25, -0.2) is 4.98 Å². The quantitative estimate of drug-likeness (QED) is 0.463. The third kappa shape index (κ3) is 6.12. The topological polar surface area (TPSA) is 127 Å². The largest absolute Gasteiger partial charge is 0.504 e. The van der Waals surface area contributed by atoms with Crippen molar-refractivity contribution >= 4 is 28.9 Å². The molecule has 2 rings (SSSR count). The molecule has 1 heterocycles. The number of esters is 1. The van der Waals surface area contributed by atoms with Crippen LogP contribution in [0.2, 0.25) is 0 Å². The molecule has 1 aromatic carbocycles.